The number of carboxylic acid groups (broad SMARTS) is 1. The molecule has 2 N–H and O–H groups in total. The monoisotopic (exact) mass is 258 g/mol. The lowest BCUT2D eigenvalue weighted by molar-refractivity contribution is -0.141. The first kappa shape index (κ1) is 14.8. The minimum absolute atomic E-state index is 0.0645. The summed E-state index contributed by atoms with van der Waals surface area (Å²) in [5, 5.41) is 18.6. The SMILES string of the molecule is CCCC(C)N(C)C(=O)N1C[C@@H](O)C[C@H]1C(=O)O. The van der Waals surface area contributed by atoms with Crippen LogP contribution in [0.4, 0.5) is 4.79 Å². The summed E-state index contributed by atoms with van der Waals surface area (Å²) >= 11 is 0. The Balaban J connectivity index is 2.73. The van der Waals surface area contributed by atoms with Gasteiger partial charge in [-0.2, -0.15) is 0 Å². The number of β-amino-alcohol motifs (C(OH)–C–C–N with tert-alkyl or cyclic N) is 1. The number of carboxylic acids is 1. The van der Waals surface area contributed by atoms with Crippen LogP contribution in [-0.2, 0) is 4.79 Å². The van der Waals surface area contributed by atoms with Gasteiger partial charge in [-0.15, -0.1) is 0 Å². The second kappa shape index (κ2) is 6.04. The molecule has 1 aliphatic rings. The smallest absolute Gasteiger partial charge is 0.326 e. The van der Waals surface area contributed by atoms with E-state index in [0.29, 0.717) is 0 Å². The number of aliphatic carboxylic acids is 1. The Morgan fingerprint density at radius 1 is 1.50 bits per heavy atom. The highest BCUT2D eigenvalue weighted by Crippen LogP contribution is 2.20. The van der Waals surface area contributed by atoms with Gasteiger partial charge in [0.15, 0.2) is 0 Å². The number of rotatable bonds is 4. The number of carbonyl (C=O) groups excluding carboxylic acids is 1. The van der Waals surface area contributed by atoms with Gasteiger partial charge >= 0.3 is 12.0 Å². The molecule has 1 saturated heterocycles. The molecule has 6 nitrogen and oxygen atoms in total. The van der Waals surface area contributed by atoms with Crippen LogP contribution in [0.25, 0.3) is 0 Å². The first-order valence-corrected chi connectivity index (χ1v) is 6.32. The summed E-state index contributed by atoms with van der Waals surface area (Å²) in [6.07, 6.45) is 1.20. The molecule has 0 aromatic carbocycles. The van der Waals surface area contributed by atoms with E-state index in [2.05, 4.69) is 0 Å². The average molecular weight is 258 g/mol. The van der Waals surface area contributed by atoms with E-state index in [1.807, 2.05) is 13.8 Å². The van der Waals surface area contributed by atoms with Crippen molar-refractivity contribution in [2.24, 2.45) is 0 Å². The highest BCUT2D eigenvalue weighted by molar-refractivity contribution is 5.83. The first-order valence-electron chi connectivity index (χ1n) is 6.32. The molecule has 104 valence electrons. The van der Waals surface area contributed by atoms with Crippen molar-refractivity contribution < 1.29 is 19.8 Å². The molecule has 1 fully saturated rings. The fourth-order valence-corrected chi connectivity index (χ4v) is 2.26. The van der Waals surface area contributed by atoms with E-state index in [-0.39, 0.29) is 25.0 Å². The maximum atomic E-state index is 12.2. The van der Waals surface area contributed by atoms with Crippen molar-refractivity contribution in [3.8, 4) is 0 Å². The van der Waals surface area contributed by atoms with Crippen molar-refractivity contribution in [1.29, 1.82) is 0 Å². The van der Waals surface area contributed by atoms with Crippen LogP contribution in [0.15, 0.2) is 0 Å². The highest BCUT2D eigenvalue weighted by atomic mass is 16.4. The molecule has 18 heavy (non-hydrogen) atoms. The van der Waals surface area contributed by atoms with E-state index in [1.165, 1.54) is 4.90 Å². The summed E-state index contributed by atoms with van der Waals surface area (Å²) in [4.78, 5) is 26.1. The Hall–Kier alpha value is -1.30. The van der Waals surface area contributed by atoms with Crippen molar-refractivity contribution in [3.63, 3.8) is 0 Å². The molecule has 0 bridgehead atoms. The van der Waals surface area contributed by atoms with Gasteiger partial charge in [-0.05, 0) is 13.3 Å². The molecule has 0 radical (unpaired) electrons. The minimum Gasteiger partial charge on any atom is -0.480 e. The van der Waals surface area contributed by atoms with Crippen LogP contribution in [0.5, 0.6) is 0 Å². The quantitative estimate of drug-likeness (QED) is 0.779. The predicted octanol–water partition coefficient (Wildman–Crippen LogP) is 0.747. The Kier molecular flexibility index (Phi) is 4.95. The molecule has 0 aliphatic carbocycles. The van der Waals surface area contributed by atoms with Crippen molar-refractivity contribution >= 4 is 12.0 Å². The van der Waals surface area contributed by atoms with Gasteiger partial charge in [-0.1, -0.05) is 13.3 Å². The predicted molar refractivity (Wildman–Crippen MR) is 66.3 cm³/mol. The fraction of sp³-hybridized carbons (Fsp3) is 0.833. The van der Waals surface area contributed by atoms with Crippen LogP contribution in [0.3, 0.4) is 0 Å². The molecule has 1 heterocycles. The molecule has 0 aromatic rings. The number of amides is 2. The number of hydrogen-bond acceptors (Lipinski definition) is 3. The van der Waals surface area contributed by atoms with Crippen molar-refractivity contribution in [2.45, 2.75) is 51.3 Å². The van der Waals surface area contributed by atoms with E-state index in [9.17, 15) is 14.7 Å². The largest absolute Gasteiger partial charge is 0.480 e. The van der Waals surface area contributed by atoms with Gasteiger partial charge in [-0.3, -0.25) is 0 Å². The average Bonchev–Trinajstić information content (AvgIpc) is 2.69. The number of nitrogens with zero attached hydrogens (tertiary/aromatic N) is 2. The molecule has 6 heteroatoms. The van der Waals surface area contributed by atoms with Gasteiger partial charge in [0.05, 0.1) is 6.10 Å². The number of aliphatic hydroxyl groups is 1. The normalized spacial score (nSPS) is 25.0. The molecule has 3 atom stereocenters. The molecule has 1 unspecified atom stereocenters. The fourth-order valence-electron chi connectivity index (χ4n) is 2.26. The maximum Gasteiger partial charge on any atom is 0.326 e. The van der Waals surface area contributed by atoms with Crippen LogP contribution in [-0.4, -0.2) is 63.8 Å². The lowest BCUT2D eigenvalue weighted by atomic mass is 10.2. The van der Waals surface area contributed by atoms with E-state index >= 15 is 0 Å². The third-order valence-electron chi connectivity index (χ3n) is 3.48. The van der Waals surface area contributed by atoms with E-state index in [0.717, 1.165) is 12.8 Å². The maximum absolute atomic E-state index is 12.2. The first-order chi connectivity index (χ1) is 8.38. The number of urea groups is 1. The van der Waals surface area contributed by atoms with Gasteiger partial charge in [0, 0.05) is 26.1 Å². The van der Waals surface area contributed by atoms with Crippen LogP contribution >= 0.6 is 0 Å². The van der Waals surface area contributed by atoms with E-state index in [1.54, 1.807) is 11.9 Å². The van der Waals surface area contributed by atoms with Crippen molar-refractivity contribution in [3.05, 3.63) is 0 Å². The van der Waals surface area contributed by atoms with E-state index < -0.39 is 18.1 Å². The topological polar surface area (TPSA) is 81.1 Å². The van der Waals surface area contributed by atoms with Crippen molar-refractivity contribution in [2.75, 3.05) is 13.6 Å². The Bertz CT molecular complexity index is 321. The summed E-state index contributed by atoms with van der Waals surface area (Å²) in [5.74, 6) is -1.06. The number of hydrogen-bond donors (Lipinski definition) is 2. The molecular formula is C12H22N2O4. The zero-order chi connectivity index (χ0) is 13.9. The molecule has 0 spiro atoms. The Labute approximate surface area is 107 Å². The minimum atomic E-state index is -1.06. The van der Waals surface area contributed by atoms with Gasteiger partial charge in [0.2, 0.25) is 0 Å². The Morgan fingerprint density at radius 2 is 2.11 bits per heavy atom. The standard InChI is InChI=1S/C12H22N2O4/c1-4-5-8(2)13(3)12(18)14-7-9(15)6-10(14)11(16)17/h8-10,15H,4-7H2,1-3H3,(H,16,17)/t8?,9-,10-/m0/s1. The highest BCUT2D eigenvalue weighted by Gasteiger charge is 2.40. The summed E-state index contributed by atoms with van der Waals surface area (Å²) < 4.78 is 0. The summed E-state index contributed by atoms with van der Waals surface area (Å²) in [7, 11) is 1.67. The second-order valence-electron chi connectivity index (χ2n) is 4.93. The zero-order valence-electron chi connectivity index (χ0n) is 11.2. The molecule has 1 aliphatic heterocycles. The van der Waals surface area contributed by atoms with Crippen LogP contribution in [0.2, 0.25) is 0 Å². The number of carbonyl (C=O) groups is 2. The molecule has 2 amide bonds. The van der Waals surface area contributed by atoms with Gasteiger partial charge in [0.1, 0.15) is 6.04 Å². The molecular weight excluding hydrogens is 236 g/mol. The number of likely N-dealkylation sites (tertiary alicyclic amines) is 1. The lowest BCUT2D eigenvalue weighted by Gasteiger charge is -2.31. The third kappa shape index (κ3) is 3.13. The van der Waals surface area contributed by atoms with Crippen molar-refractivity contribution in [1.82, 2.24) is 9.80 Å². The summed E-state index contributed by atoms with van der Waals surface area (Å²) in [6, 6.07) is -1.17. The van der Waals surface area contributed by atoms with Gasteiger partial charge < -0.3 is 20.0 Å². The van der Waals surface area contributed by atoms with Crippen LogP contribution in [0, 0.1) is 0 Å². The van der Waals surface area contributed by atoms with Gasteiger partial charge in [-0.25, -0.2) is 9.59 Å². The molecule has 0 saturated carbocycles. The molecule has 0 aromatic heterocycles. The summed E-state index contributed by atoms with van der Waals surface area (Å²) in [6.45, 7) is 4.07. The Morgan fingerprint density at radius 3 is 2.61 bits per heavy atom. The van der Waals surface area contributed by atoms with Crippen LogP contribution < -0.4 is 0 Å². The third-order valence-corrected chi connectivity index (χ3v) is 3.48. The second-order valence-corrected chi connectivity index (χ2v) is 4.93. The van der Waals surface area contributed by atoms with E-state index in [4.69, 9.17) is 5.11 Å². The zero-order valence-corrected chi connectivity index (χ0v) is 11.2. The number of aliphatic hydroxyl groups excluding tert-OH is 1. The van der Waals surface area contributed by atoms with Gasteiger partial charge in [0.25, 0.3) is 0 Å². The summed E-state index contributed by atoms with van der Waals surface area (Å²) in [5.41, 5.74) is 0. The molecule has 1 rings (SSSR count). The van der Waals surface area contributed by atoms with Crippen LogP contribution in [0.1, 0.15) is 33.1 Å². The lowest BCUT2D eigenvalue weighted by Crippen LogP contribution is -2.49.